The monoisotopic (exact) mass is 289 g/mol. The molecular weight excluding hydrogens is 266 g/mol. The van der Waals surface area contributed by atoms with Crippen LogP contribution in [-0.4, -0.2) is 7.11 Å². The van der Waals surface area contributed by atoms with Crippen LogP contribution in [0.15, 0.2) is 35.7 Å². The standard InChI is InChI=1S/C17H23NOS/c1-12(2)17(16-6-5-9-20-16)18-11-14-7-8-15(19-4)13(3)10-14/h5-10,12,17-18H,11H2,1-4H3. The lowest BCUT2D eigenvalue weighted by molar-refractivity contribution is 0.409. The van der Waals surface area contributed by atoms with E-state index in [2.05, 4.69) is 55.7 Å². The summed E-state index contributed by atoms with van der Waals surface area (Å²) in [5.41, 5.74) is 2.48. The molecule has 0 bridgehead atoms. The van der Waals surface area contributed by atoms with Crippen LogP contribution in [0.4, 0.5) is 0 Å². The van der Waals surface area contributed by atoms with Crippen molar-refractivity contribution in [2.45, 2.75) is 33.4 Å². The molecule has 2 nitrogen and oxygen atoms in total. The van der Waals surface area contributed by atoms with E-state index in [0.29, 0.717) is 12.0 Å². The molecule has 0 aliphatic rings. The molecule has 0 fully saturated rings. The van der Waals surface area contributed by atoms with E-state index in [4.69, 9.17) is 4.74 Å². The second-order valence-electron chi connectivity index (χ2n) is 5.42. The third-order valence-electron chi connectivity index (χ3n) is 3.50. The largest absolute Gasteiger partial charge is 0.496 e. The summed E-state index contributed by atoms with van der Waals surface area (Å²) in [5, 5.41) is 5.81. The first-order chi connectivity index (χ1) is 9.61. The summed E-state index contributed by atoms with van der Waals surface area (Å²) in [6.45, 7) is 7.49. The fourth-order valence-corrected chi connectivity index (χ4v) is 3.38. The quantitative estimate of drug-likeness (QED) is 0.842. The van der Waals surface area contributed by atoms with Crippen LogP contribution in [0.2, 0.25) is 0 Å². The molecule has 1 aromatic carbocycles. The minimum atomic E-state index is 0.414. The van der Waals surface area contributed by atoms with Gasteiger partial charge in [0.05, 0.1) is 7.11 Å². The molecule has 0 saturated heterocycles. The number of methoxy groups -OCH3 is 1. The summed E-state index contributed by atoms with van der Waals surface area (Å²) in [6, 6.07) is 11.1. The van der Waals surface area contributed by atoms with Gasteiger partial charge in [-0.3, -0.25) is 0 Å². The highest BCUT2D eigenvalue weighted by atomic mass is 32.1. The second-order valence-corrected chi connectivity index (χ2v) is 6.40. The van der Waals surface area contributed by atoms with Crippen LogP contribution in [0.1, 0.15) is 35.9 Å². The van der Waals surface area contributed by atoms with Gasteiger partial charge in [-0.15, -0.1) is 11.3 Å². The Morgan fingerprint density at radius 3 is 2.60 bits per heavy atom. The van der Waals surface area contributed by atoms with Gasteiger partial charge in [-0.05, 0) is 41.5 Å². The van der Waals surface area contributed by atoms with Crippen molar-refractivity contribution in [3.8, 4) is 5.75 Å². The summed E-state index contributed by atoms with van der Waals surface area (Å²) in [7, 11) is 1.71. The Kier molecular flexibility index (Phi) is 5.21. The average Bonchev–Trinajstić information content (AvgIpc) is 2.92. The Labute approximate surface area is 125 Å². The average molecular weight is 289 g/mol. The summed E-state index contributed by atoms with van der Waals surface area (Å²) in [4.78, 5) is 1.41. The fraction of sp³-hybridized carbons (Fsp3) is 0.412. The number of nitrogens with one attached hydrogen (secondary N) is 1. The van der Waals surface area contributed by atoms with Crippen molar-refractivity contribution < 1.29 is 4.74 Å². The number of benzene rings is 1. The van der Waals surface area contributed by atoms with Crippen LogP contribution in [0.25, 0.3) is 0 Å². The van der Waals surface area contributed by atoms with Gasteiger partial charge in [0, 0.05) is 17.5 Å². The van der Waals surface area contributed by atoms with Crippen molar-refractivity contribution in [3.05, 3.63) is 51.7 Å². The minimum absolute atomic E-state index is 0.414. The molecule has 0 aliphatic heterocycles. The zero-order valence-electron chi connectivity index (χ0n) is 12.6. The predicted octanol–water partition coefficient (Wildman–Crippen LogP) is 4.55. The fourth-order valence-electron chi connectivity index (χ4n) is 2.41. The van der Waals surface area contributed by atoms with Gasteiger partial charge >= 0.3 is 0 Å². The maximum absolute atomic E-state index is 5.30. The van der Waals surface area contributed by atoms with Crippen molar-refractivity contribution in [2.75, 3.05) is 7.11 Å². The van der Waals surface area contributed by atoms with Crippen LogP contribution >= 0.6 is 11.3 Å². The molecule has 0 radical (unpaired) electrons. The van der Waals surface area contributed by atoms with E-state index < -0.39 is 0 Å². The Morgan fingerprint density at radius 1 is 1.25 bits per heavy atom. The Bertz CT molecular complexity index is 534. The SMILES string of the molecule is COc1ccc(CNC(c2cccs2)C(C)C)cc1C. The van der Waals surface area contributed by atoms with Crippen LogP contribution < -0.4 is 10.1 Å². The number of ether oxygens (including phenoxy) is 1. The van der Waals surface area contributed by atoms with Crippen LogP contribution in [0, 0.1) is 12.8 Å². The summed E-state index contributed by atoms with van der Waals surface area (Å²) in [6.07, 6.45) is 0. The Morgan fingerprint density at radius 2 is 2.05 bits per heavy atom. The van der Waals surface area contributed by atoms with E-state index in [9.17, 15) is 0 Å². The zero-order valence-corrected chi connectivity index (χ0v) is 13.5. The lowest BCUT2D eigenvalue weighted by Crippen LogP contribution is -2.24. The van der Waals surface area contributed by atoms with Gasteiger partial charge in [-0.25, -0.2) is 0 Å². The van der Waals surface area contributed by atoms with E-state index in [0.717, 1.165) is 12.3 Å². The number of aryl methyl sites for hydroxylation is 1. The van der Waals surface area contributed by atoms with Crippen LogP contribution in [0.5, 0.6) is 5.75 Å². The molecule has 0 aliphatic carbocycles. The Balaban J connectivity index is 2.04. The van der Waals surface area contributed by atoms with E-state index in [1.54, 1.807) is 7.11 Å². The van der Waals surface area contributed by atoms with Gasteiger partial charge in [0.15, 0.2) is 0 Å². The van der Waals surface area contributed by atoms with Gasteiger partial charge in [0.1, 0.15) is 5.75 Å². The summed E-state index contributed by atoms with van der Waals surface area (Å²) >= 11 is 1.82. The van der Waals surface area contributed by atoms with Crippen molar-refractivity contribution in [3.63, 3.8) is 0 Å². The second kappa shape index (κ2) is 6.91. The highest BCUT2D eigenvalue weighted by molar-refractivity contribution is 7.10. The molecule has 2 rings (SSSR count). The predicted molar refractivity (Wildman–Crippen MR) is 86.5 cm³/mol. The molecule has 0 amide bonds. The maximum Gasteiger partial charge on any atom is 0.121 e. The first kappa shape index (κ1) is 15.1. The minimum Gasteiger partial charge on any atom is -0.496 e. The molecule has 20 heavy (non-hydrogen) atoms. The van der Waals surface area contributed by atoms with Crippen molar-refractivity contribution in [2.24, 2.45) is 5.92 Å². The van der Waals surface area contributed by atoms with Crippen molar-refractivity contribution >= 4 is 11.3 Å². The first-order valence-corrected chi connectivity index (χ1v) is 7.90. The summed E-state index contributed by atoms with van der Waals surface area (Å²) in [5.74, 6) is 1.53. The van der Waals surface area contributed by atoms with Gasteiger partial charge in [0.25, 0.3) is 0 Å². The first-order valence-electron chi connectivity index (χ1n) is 7.02. The molecular formula is C17H23NOS. The molecule has 1 aromatic heterocycles. The topological polar surface area (TPSA) is 21.3 Å². The smallest absolute Gasteiger partial charge is 0.121 e. The molecule has 1 atom stereocenters. The van der Waals surface area contributed by atoms with Gasteiger partial charge < -0.3 is 10.1 Å². The number of hydrogen-bond acceptors (Lipinski definition) is 3. The highest BCUT2D eigenvalue weighted by Gasteiger charge is 2.16. The molecule has 1 unspecified atom stereocenters. The van der Waals surface area contributed by atoms with E-state index >= 15 is 0 Å². The Hall–Kier alpha value is -1.32. The van der Waals surface area contributed by atoms with Crippen LogP contribution in [0.3, 0.4) is 0 Å². The molecule has 3 heteroatoms. The zero-order chi connectivity index (χ0) is 14.5. The highest BCUT2D eigenvalue weighted by Crippen LogP contribution is 2.26. The summed E-state index contributed by atoms with van der Waals surface area (Å²) < 4.78 is 5.30. The normalized spacial score (nSPS) is 12.7. The van der Waals surface area contributed by atoms with Gasteiger partial charge in [-0.1, -0.05) is 32.0 Å². The van der Waals surface area contributed by atoms with Gasteiger partial charge in [0.2, 0.25) is 0 Å². The number of hydrogen-bond donors (Lipinski definition) is 1. The van der Waals surface area contributed by atoms with E-state index in [1.165, 1.54) is 16.0 Å². The molecule has 108 valence electrons. The van der Waals surface area contributed by atoms with E-state index in [-0.39, 0.29) is 0 Å². The van der Waals surface area contributed by atoms with Crippen LogP contribution in [-0.2, 0) is 6.54 Å². The van der Waals surface area contributed by atoms with E-state index in [1.807, 2.05) is 17.4 Å². The molecule has 0 spiro atoms. The maximum atomic E-state index is 5.30. The number of rotatable bonds is 6. The van der Waals surface area contributed by atoms with Crippen molar-refractivity contribution in [1.29, 1.82) is 0 Å². The van der Waals surface area contributed by atoms with Crippen molar-refractivity contribution in [1.82, 2.24) is 5.32 Å². The number of thiophene rings is 1. The lowest BCUT2D eigenvalue weighted by atomic mass is 10.0. The molecule has 1 heterocycles. The third-order valence-corrected chi connectivity index (χ3v) is 4.46. The molecule has 2 aromatic rings. The third kappa shape index (κ3) is 3.62. The molecule has 0 saturated carbocycles. The molecule has 1 N–H and O–H groups in total. The lowest BCUT2D eigenvalue weighted by Gasteiger charge is -2.21. The van der Waals surface area contributed by atoms with Gasteiger partial charge in [-0.2, -0.15) is 0 Å².